The molecule has 28 heavy (non-hydrogen) atoms. The number of hydrogen-bond donors (Lipinski definition) is 1. The van der Waals surface area contributed by atoms with Crippen LogP contribution in [0.25, 0.3) is 0 Å². The van der Waals surface area contributed by atoms with Gasteiger partial charge in [-0.15, -0.1) is 11.3 Å². The fraction of sp³-hybridized carbons (Fsp3) is 0.105. The summed E-state index contributed by atoms with van der Waals surface area (Å²) >= 11 is 7.29. The van der Waals surface area contributed by atoms with Crippen LogP contribution in [0.3, 0.4) is 0 Å². The lowest BCUT2D eigenvalue weighted by Crippen LogP contribution is -2.27. The van der Waals surface area contributed by atoms with Crippen molar-refractivity contribution in [2.75, 3.05) is 11.8 Å². The lowest BCUT2D eigenvalue weighted by atomic mass is 10.1. The van der Waals surface area contributed by atoms with E-state index in [0.29, 0.717) is 10.9 Å². The minimum atomic E-state index is -3.97. The number of para-hydroxylation sites is 1. The first-order valence-corrected chi connectivity index (χ1v) is 10.8. The molecular weight excluding hydrogens is 423 g/mol. The molecule has 3 rings (SSSR count). The Morgan fingerprint density at radius 2 is 1.79 bits per heavy atom. The monoisotopic (exact) mass is 438 g/mol. The van der Waals surface area contributed by atoms with Crippen LogP contribution in [0.4, 0.5) is 10.1 Å². The van der Waals surface area contributed by atoms with Crippen LogP contribution in [-0.4, -0.2) is 26.3 Å². The molecule has 0 unspecified atom stereocenters. The van der Waals surface area contributed by atoms with Gasteiger partial charge >= 0.3 is 0 Å². The maximum absolute atomic E-state index is 13.1. The van der Waals surface area contributed by atoms with E-state index in [1.807, 2.05) is 6.07 Å². The molecule has 146 valence electrons. The smallest absolute Gasteiger partial charge is 0.261 e. The van der Waals surface area contributed by atoms with Crippen molar-refractivity contribution in [2.45, 2.75) is 11.4 Å². The van der Waals surface area contributed by atoms with Crippen LogP contribution < -0.4 is 4.72 Å². The van der Waals surface area contributed by atoms with Gasteiger partial charge < -0.3 is 4.90 Å². The molecule has 1 aromatic heterocycles. The van der Waals surface area contributed by atoms with Crippen molar-refractivity contribution in [1.82, 2.24) is 4.90 Å². The number of anilines is 1. The summed E-state index contributed by atoms with van der Waals surface area (Å²) in [6.07, 6.45) is 0. The first kappa shape index (κ1) is 20.3. The van der Waals surface area contributed by atoms with Crippen LogP contribution in [-0.2, 0) is 16.6 Å². The highest BCUT2D eigenvalue weighted by Gasteiger charge is 2.21. The van der Waals surface area contributed by atoms with Gasteiger partial charge in [0.05, 0.1) is 27.0 Å². The predicted molar refractivity (Wildman–Crippen MR) is 109 cm³/mol. The van der Waals surface area contributed by atoms with Gasteiger partial charge in [-0.2, -0.15) is 0 Å². The number of rotatable bonds is 6. The van der Waals surface area contributed by atoms with E-state index in [0.717, 1.165) is 29.1 Å². The summed E-state index contributed by atoms with van der Waals surface area (Å²) in [5.41, 5.74) is 0.353. The summed E-state index contributed by atoms with van der Waals surface area (Å²) in [7, 11) is -2.34. The van der Waals surface area contributed by atoms with Gasteiger partial charge in [0.15, 0.2) is 0 Å². The van der Waals surface area contributed by atoms with E-state index in [1.54, 1.807) is 31.3 Å². The van der Waals surface area contributed by atoms with E-state index in [4.69, 9.17) is 11.6 Å². The summed E-state index contributed by atoms with van der Waals surface area (Å²) in [5, 5.41) is 0. The van der Waals surface area contributed by atoms with Crippen molar-refractivity contribution in [1.29, 1.82) is 0 Å². The van der Waals surface area contributed by atoms with Crippen LogP contribution >= 0.6 is 22.9 Å². The zero-order chi connectivity index (χ0) is 20.3. The number of nitrogens with one attached hydrogen (secondary N) is 1. The Morgan fingerprint density at radius 3 is 2.43 bits per heavy atom. The van der Waals surface area contributed by atoms with Crippen LogP contribution in [0.5, 0.6) is 0 Å². The number of halogens is 2. The fourth-order valence-electron chi connectivity index (χ4n) is 2.52. The molecule has 0 radical (unpaired) electrons. The number of benzene rings is 2. The Kier molecular flexibility index (Phi) is 6.02. The molecule has 3 aromatic rings. The van der Waals surface area contributed by atoms with E-state index in [2.05, 4.69) is 4.72 Å². The third kappa shape index (κ3) is 4.70. The average Bonchev–Trinajstić information content (AvgIpc) is 3.06. The molecule has 2 aromatic carbocycles. The molecule has 0 fully saturated rings. The topological polar surface area (TPSA) is 66.5 Å². The van der Waals surface area contributed by atoms with Crippen molar-refractivity contribution in [3.63, 3.8) is 0 Å². The molecule has 0 aliphatic carbocycles. The van der Waals surface area contributed by atoms with E-state index < -0.39 is 15.8 Å². The Morgan fingerprint density at radius 1 is 1.11 bits per heavy atom. The van der Waals surface area contributed by atoms with E-state index in [9.17, 15) is 17.6 Å². The molecule has 0 atom stereocenters. The number of hydrogen-bond acceptors (Lipinski definition) is 4. The Bertz CT molecular complexity index is 1100. The molecular formula is C19H16ClFN2O3S2. The minimum absolute atomic E-state index is 0.0993. The molecule has 0 bridgehead atoms. The summed E-state index contributed by atoms with van der Waals surface area (Å²) in [6, 6.07) is 14.4. The van der Waals surface area contributed by atoms with E-state index in [1.165, 1.54) is 22.3 Å². The second-order valence-electron chi connectivity index (χ2n) is 5.97. The molecule has 5 nitrogen and oxygen atoms in total. The summed E-state index contributed by atoms with van der Waals surface area (Å²) < 4.78 is 41.3. The minimum Gasteiger partial charge on any atom is -0.336 e. The molecule has 1 N–H and O–H groups in total. The van der Waals surface area contributed by atoms with E-state index >= 15 is 0 Å². The van der Waals surface area contributed by atoms with E-state index in [-0.39, 0.29) is 22.1 Å². The van der Waals surface area contributed by atoms with Gasteiger partial charge in [0.25, 0.3) is 15.9 Å². The zero-order valence-electron chi connectivity index (χ0n) is 14.7. The third-order valence-electron chi connectivity index (χ3n) is 3.89. The van der Waals surface area contributed by atoms with Gasteiger partial charge in [-0.25, -0.2) is 12.8 Å². The van der Waals surface area contributed by atoms with Gasteiger partial charge in [0.1, 0.15) is 5.82 Å². The molecule has 1 amide bonds. The molecule has 0 saturated heterocycles. The van der Waals surface area contributed by atoms with Gasteiger partial charge in [-0.1, -0.05) is 23.7 Å². The Balaban J connectivity index is 1.84. The maximum atomic E-state index is 13.1. The molecule has 0 spiro atoms. The van der Waals surface area contributed by atoms with Gasteiger partial charge in [0.2, 0.25) is 0 Å². The Labute approximate surface area is 171 Å². The SMILES string of the molecule is CN(Cc1ccc(Cl)s1)C(=O)c1ccccc1NS(=O)(=O)c1ccc(F)cc1. The van der Waals surface area contributed by atoms with Gasteiger partial charge in [-0.05, 0) is 48.5 Å². The van der Waals surface area contributed by atoms with Gasteiger partial charge in [0, 0.05) is 11.9 Å². The molecule has 9 heteroatoms. The summed E-state index contributed by atoms with van der Waals surface area (Å²) in [5.74, 6) is -0.883. The first-order chi connectivity index (χ1) is 13.3. The molecule has 0 aliphatic heterocycles. The highest BCUT2D eigenvalue weighted by Crippen LogP contribution is 2.25. The van der Waals surface area contributed by atoms with Gasteiger partial charge in [-0.3, -0.25) is 9.52 Å². The fourth-order valence-corrected chi connectivity index (χ4v) is 4.74. The van der Waals surface area contributed by atoms with Crippen LogP contribution in [0.2, 0.25) is 4.34 Å². The third-order valence-corrected chi connectivity index (χ3v) is 6.49. The van der Waals surface area contributed by atoms with Crippen LogP contribution in [0.15, 0.2) is 65.6 Å². The molecule has 0 saturated carbocycles. The summed E-state index contributed by atoms with van der Waals surface area (Å²) in [4.78, 5) is 15.1. The van der Waals surface area contributed by atoms with Crippen molar-refractivity contribution in [3.05, 3.63) is 81.3 Å². The first-order valence-electron chi connectivity index (χ1n) is 8.13. The average molecular weight is 439 g/mol. The van der Waals surface area contributed by atoms with Crippen molar-refractivity contribution in [2.24, 2.45) is 0 Å². The standard InChI is InChI=1S/C19H16ClFN2O3S2/c1-23(12-14-8-11-18(20)27-14)19(24)16-4-2-3-5-17(16)22-28(25,26)15-9-6-13(21)7-10-15/h2-11,22H,12H2,1H3. The zero-order valence-corrected chi connectivity index (χ0v) is 17.1. The number of nitrogens with zero attached hydrogens (tertiary/aromatic N) is 1. The normalized spacial score (nSPS) is 11.2. The predicted octanol–water partition coefficient (Wildman–Crippen LogP) is 4.61. The van der Waals surface area contributed by atoms with Crippen LogP contribution in [0.1, 0.15) is 15.2 Å². The number of sulfonamides is 1. The lowest BCUT2D eigenvalue weighted by molar-refractivity contribution is 0.0787. The Hall–Kier alpha value is -2.42. The second kappa shape index (κ2) is 8.30. The highest BCUT2D eigenvalue weighted by atomic mass is 35.5. The second-order valence-corrected chi connectivity index (χ2v) is 9.45. The van der Waals surface area contributed by atoms with Crippen LogP contribution in [0, 0.1) is 5.82 Å². The number of thiophene rings is 1. The number of carbonyl (C=O) groups is 1. The van der Waals surface area contributed by atoms with Crippen molar-refractivity contribution >= 4 is 44.6 Å². The summed E-state index contributed by atoms with van der Waals surface area (Å²) in [6.45, 7) is 0.343. The molecule has 0 aliphatic rings. The van der Waals surface area contributed by atoms with Crippen molar-refractivity contribution < 1.29 is 17.6 Å². The lowest BCUT2D eigenvalue weighted by Gasteiger charge is -2.19. The van der Waals surface area contributed by atoms with Crippen molar-refractivity contribution in [3.8, 4) is 0 Å². The maximum Gasteiger partial charge on any atom is 0.261 e. The molecule has 1 heterocycles. The number of amides is 1. The number of carbonyl (C=O) groups excluding carboxylic acids is 1. The quantitative estimate of drug-likeness (QED) is 0.611. The highest BCUT2D eigenvalue weighted by molar-refractivity contribution is 7.92. The largest absolute Gasteiger partial charge is 0.336 e.